The zero-order valence-electron chi connectivity index (χ0n) is 13.9. The van der Waals surface area contributed by atoms with Gasteiger partial charge < -0.3 is 4.90 Å². The molecule has 1 amide bonds. The van der Waals surface area contributed by atoms with Crippen LogP contribution in [0.4, 0.5) is 0 Å². The number of benzene rings is 2. The molecule has 0 saturated heterocycles. The normalized spacial score (nSPS) is 10.3. The Morgan fingerprint density at radius 3 is 1.83 bits per heavy atom. The highest BCUT2D eigenvalue weighted by atomic mass is 16.2. The van der Waals surface area contributed by atoms with Crippen molar-refractivity contribution in [3.05, 3.63) is 83.9 Å². The van der Waals surface area contributed by atoms with Crippen LogP contribution in [0, 0.1) is 0 Å². The molecule has 2 aromatic rings. The standard InChI is InChI=1S/C21H25NO/c1-3-4-11-18(2)21(23)22(16-19-12-7-5-8-13-19)17-20-14-9-6-10-15-20/h5-10,12-15H,2-4,11,16-17H2,1H3. The molecule has 2 rings (SSSR count). The predicted molar refractivity (Wildman–Crippen MR) is 95.8 cm³/mol. The molecule has 0 bridgehead atoms. The number of hydrogen-bond donors (Lipinski definition) is 0. The Kier molecular flexibility index (Phi) is 6.61. The van der Waals surface area contributed by atoms with Gasteiger partial charge in [-0.25, -0.2) is 0 Å². The van der Waals surface area contributed by atoms with E-state index in [-0.39, 0.29) is 5.91 Å². The molecule has 0 aliphatic rings. The van der Waals surface area contributed by atoms with Gasteiger partial charge in [0.15, 0.2) is 0 Å². The molecule has 0 saturated carbocycles. The Balaban J connectivity index is 2.13. The molecule has 0 aromatic heterocycles. The highest BCUT2D eigenvalue weighted by molar-refractivity contribution is 5.92. The molecule has 2 nitrogen and oxygen atoms in total. The summed E-state index contributed by atoms with van der Waals surface area (Å²) in [5, 5.41) is 0. The van der Waals surface area contributed by atoms with E-state index in [1.165, 1.54) is 0 Å². The van der Waals surface area contributed by atoms with Crippen molar-refractivity contribution in [2.45, 2.75) is 39.3 Å². The summed E-state index contributed by atoms with van der Waals surface area (Å²) >= 11 is 0. The average Bonchev–Trinajstić information content (AvgIpc) is 2.60. The largest absolute Gasteiger partial charge is 0.330 e. The molecule has 0 aliphatic heterocycles. The highest BCUT2D eigenvalue weighted by Gasteiger charge is 2.17. The summed E-state index contributed by atoms with van der Waals surface area (Å²) in [7, 11) is 0. The summed E-state index contributed by atoms with van der Waals surface area (Å²) in [6, 6.07) is 20.2. The molecule has 0 radical (unpaired) electrons. The topological polar surface area (TPSA) is 20.3 Å². The lowest BCUT2D eigenvalue weighted by Gasteiger charge is -2.24. The van der Waals surface area contributed by atoms with Crippen LogP contribution < -0.4 is 0 Å². The number of nitrogens with zero attached hydrogens (tertiary/aromatic N) is 1. The number of unbranched alkanes of at least 4 members (excludes halogenated alkanes) is 1. The van der Waals surface area contributed by atoms with E-state index in [9.17, 15) is 4.79 Å². The van der Waals surface area contributed by atoms with Crippen LogP contribution in [-0.2, 0) is 17.9 Å². The second kappa shape index (κ2) is 8.94. The molecule has 2 aromatic carbocycles. The first-order chi connectivity index (χ1) is 11.2. The van der Waals surface area contributed by atoms with Crippen molar-refractivity contribution in [1.29, 1.82) is 0 Å². The van der Waals surface area contributed by atoms with Gasteiger partial charge in [0.1, 0.15) is 0 Å². The van der Waals surface area contributed by atoms with Crippen LogP contribution in [0.3, 0.4) is 0 Å². The van der Waals surface area contributed by atoms with Gasteiger partial charge in [0, 0.05) is 18.7 Å². The monoisotopic (exact) mass is 307 g/mol. The summed E-state index contributed by atoms with van der Waals surface area (Å²) in [6.07, 6.45) is 2.86. The number of amides is 1. The van der Waals surface area contributed by atoms with Crippen molar-refractivity contribution in [1.82, 2.24) is 4.90 Å². The number of carbonyl (C=O) groups excluding carboxylic acids is 1. The lowest BCUT2D eigenvalue weighted by molar-refractivity contribution is -0.128. The molecular formula is C21H25NO. The maximum atomic E-state index is 12.8. The van der Waals surface area contributed by atoms with Gasteiger partial charge in [0.25, 0.3) is 0 Å². The van der Waals surface area contributed by atoms with Gasteiger partial charge in [-0.15, -0.1) is 0 Å². The Hall–Kier alpha value is -2.35. The number of carbonyl (C=O) groups is 1. The van der Waals surface area contributed by atoms with Gasteiger partial charge in [0.2, 0.25) is 5.91 Å². The van der Waals surface area contributed by atoms with E-state index < -0.39 is 0 Å². The van der Waals surface area contributed by atoms with Crippen LogP contribution in [0.1, 0.15) is 37.3 Å². The van der Waals surface area contributed by atoms with Crippen molar-refractivity contribution in [3.8, 4) is 0 Å². The zero-order chi connectivity index (χ0) is 16.5. The van der Waals surface area contributed by atoms with Crippen LogP contribution >= 0.6 is 0 Å². The van der Waals surface area contributed by atoms with Crippen LogP contribution in [0.5, 0.6) is 0 Å². The third-order valence-corrected chi connectivity index (χ3v) is 3.85. The third-order valence-electron chi connectivity index (χ3n) is 3.85. The maximum Gasteiger partial charge on any atom is 0.249 e. The van der Waals surface area contributed by atoms with Crippen LogP contribution in [0.15, 0.2) is 72.8 Å². The van der Waals surface area contributed by atoms with Crippen LogP contribution in [0.2, 0.25) is 0 Å². The van der Waals surface area contributed by atoms with Crippen LogP contribution in [-0.4, -0.2) is 10.8 Å². The predicted octanol–water partition coefficient (Wildman–Crippen LogP) is 4.96. The maximum absolute atomic E-state index is 12.8. The zero-order valence-corrected chi connectivity index (χ0v) is 13.9. The molecule has 0 aliphatic carbocycles. The van der Waals surface area contributed by atoms with Crippen molar-refractivity contribution in [2.24, 2.45) is 0 Å². The van der Waals surface area contributed by atoms with Crippen molar-refractivity contribution >= 4 is 5.91 Å². The number of hydrogen-bond acceptors (Lipinski definition) is 1. The Morgan fingerprint density at radius 1 is 0.913 bits per heavy atom. The molecule has 0 N–H and O–H groups in total. The van der Waals surface area contributed by atoms with Gasteiger partial charge in [-0.3, -0.25) is 4.79 Å². The molecule has 0 spiro atoms. The molecular weight excluding hydrogens is 282 g/mol. The Bertz CT molecular complexity index is 577. The highest BCUT2D eigenvalue weighted by Crippen LogP contribution is 2.15. The van der Waals surface area contributed by atoms with Gasteiger partial charge in [0.05, 0.1) is 0 Å². The molecule has 0 fully saturated rings. The molecule has 120 valence electrons. The SMILES string of the molecule is C=C(CCCC)C(=O)N(Cc1ccccc1)Cc1ccccc1. The summed E-state index contributed by atoms with van der Waals surface area (Å²) in [5.74, 6) is 0.0613. The fraction of sp³-hybridized carbons (Fsp3) is 0.286. The lowest BCUT2D eigenvalue weighted by Crippen LogP contribution is -2.31. The van der Waals surface area contributed by atoms with E-state index in [2.05, 4.69) is 37.8 Å². The van der Waals surface area contributed by atoms with E-state index >= 15 is 0 Å². The van der Waals surface area contributed by atoms with Gasteiger partial charge in [-0.05, 0) is 24.0 Å². The molecule has 2 heteroatoms. The van der Waals surface area contributed by atoms with Gasteiger partial charge in [-0.2, -0.15) is 0 Å². The third kappa shape index (κ3) is 5.41. The minimum absolute atomic E-state index is 0.0613. The van der Waals surface area contributed by atoms with E-state index in [0.29, 0.717) is 18.7 Å². The van der Waals surface area contributed by atoms with Gasteiger partial charge in [-0.1, -0.05) is 80.6 Å². The summed E-state index contributed by atoms with van der Waals surface area (Å²) in [6.45, 7) is 7.36. The minimum atomic E-state index is 0.0613. The second-order valence-electron chi connectivity index (χ2n) is 5.84. The van der Waals surface area contributed by atoms with Crippen molar-refractivity contribution in [2.75, 3.05) is 0 Å². The first-order valence-corrected chi connectivity index (χ1v) is 8.25. The minimum Gasteiger partial charge on any atom is -0.330 e. The summed E-state index contributed by atoms with van der Waals surface area (Å²) in [4.78, 5) is 14.7. The first-order valence-electron chi connectivity index (χ1n) is 8.25. The fourth-order valence-electron chi connectivity index (χ4n) is 2.53. The fourth-order valence-corrected chi connectivity index (χ4v) is 2.53. The van der Waals surface area contributed by atoms with E-state index in [0.717, 1.165) is 30.4 Å². The summed E-state index contributed by atoms with van der Waals surface area (Å²) < 4.78 is 0. The smallest absolute Gasteiger partial charge is 0.249 e. The Morgan fingerprint density at radius 2 is 1.39 bits per heavy atom. The van der Waals surface area contributed by atoms with E-state index in [1.54, 1.807) is 0 Å². The lowest BCUT2D eigenvalue weighted by atomic mass is 10.1. The van der Waals surface area contributed by atoms with E-state index in [4.69, 9.17) is 0 Å². The van der Waals surface area contributed by atoms with Gasteiger partial charge >= 0.3 is 0 Å². The van der Waals surface area contributed by atoms with Crippen LogP contribution in [0.25, 0.3) is 0 Å². The molecule has 0 unspecified atom stereocenters. The van der Waals surface area contributed by atoms with E-state index in [1.807, 2.05) is 41.3 Å². The van der Waals surface area contributed by atoms with Crippen molar-refractivity contribution in [3.63, 3.8) is 0 Å². The molecule has 0 atom stereocenters. The average molecular weight is 307 g/mol. The summed E-state index contributed by atoms with van der Waals surface area (Å²) in [5.41, 5.74) is 2.99. The Labute approximate surface area is 139 Å². The molecule has 23 heavy (non-hydrogen) atoms. The second-order valence-corrected chi connectivity index (χ2v) is 5.84. The molecule has 0 heterocycles. The first kappa shape index (κ1) is 17.0. The number of rotatable bonds is 8. The quantitative estimate of drug-likeness (QED) is 0.631. The van der Waals surface area contributed by atoms with Crippen molar-refractivity contribution < 1.29 is 4.79 Å².